The summed E-state index contributed by atoms with van der Waals surface area (Å²) < 4.78 is 19.4. The smallest absolute Gasteiger partial charge is 0.163 e. The van der Waals surface area contributed by atoms with Crippen LogP contribution in [0.25, 0.3) is 0 Å². The summed E-state index contributed by atoms with van der Waals surface area (Å²) in [6.07, 6.45) is 7.25. The predicted molar refractivity (Wildman–Crippen MR) is 158 cm³/mol. The average molecular weight is 539 g/mol. The van der Waals surface area contributed by atoms with Gasteiger partial charge in [-0.05, 0) is 106 Å². The number of halogens is 1. The Balaban J connectivity index is 1.07. The predicted octanol–water partition coefficient (Wildman–Crippen LogP) is 6.72. The first-order chi connectivity index (χ1) is 19.5. The molecule has 3 aromatic rings. The Bertz CT molecular complexity index is 1340. The Hall–Kier alpha value is -3.46. The van der Waals surface area contributed by atoms with Crippen molar-refractivity contribution in [3.8, 4) is 17.6 Å². The molecule has 2 heterocycles. The van der Waals surface area contributed by atoms with Crippen molar-refractivity contribution in [1.82, 2.24) is 9.80 Å². The minimum atomic E-state index is -0.251. The van der Waals surface area contributed by atoms with Crippen LogP contribution in [0.5, 0.6) is 5.75 Å². The fourth-order valence-corrected chi connectivity index (χ4v) is 5.79. The van der Waals surface area contributed by atoms with E-state index < -0.39 is 0 Å². The van der Waals surface area contributed by atoms with E-state index >= 15 is 0 Å². The van der Waals surface area contributed by atoms with Crippen LogP contribution in [0.15, 0.2) is 72.8 Å². The summed E-state index contributed by atoms with van der Waals surface area (Å²) in [5.41, 5.74) is 3.75. The van der Waals surface area contributed by atoms with E-state index in [4.69, 9.17) is 4.74 Å². The van der Waals surface area contributed by atoms with Gasteiger partial charge in [0.05, 0.1) is 0 Å². The lowest BCUT2D eigenvalue weighted by Gasteiger charge is -2.32. The molecule has 0 N–H and O–H groups in total. The summed E-state index contributed by atoms with van der Waals surface area (Å²) in [5.74, 6) is 7.07. The van der Waals surface area contributed by atoms with Gasteiger partial charge < -0.3 is 9.64 Å². The van der Waals surface area contributed by atoms with Gasteiger partial charge in [0.2, 0.25) is 0 Å². The number of benzene rings is 3. The van der Waals surface area contributed by atoms with Crippen molar-refractivity contribution in [1.29, 1.82) is 0 Å². The van der Waals surface area contributed by atoms with Crippen LogP contribution in [0, 0.1) is 17.7 Å². The van der Waals surface area contributed by atoms with E-state index in [1.54, 1.807) is 12.1 Å². The molecule has 2 aliphatic heterocycles. The van der Waals surface area contributed by atoms with Crippen LogP contribution < -0.4 is 4.74 Å². The number of nitrogens with zero attached hydrogens (tertiary/aromatic N) is 2. The number of likely N-dealkylation sites (tertiary alicyclic amines) is 2. The monoisotopic (exact) mass is 538 g/mol. The van der Waals surface area contributed by atoms with E-state index in [1.807, 2.05) is 36.4 Å². The number of Topliss-reactive ketones (excluding diaryl/α,β-unsaturated/α-hetero) is 1. The van der Waals surface area contributed by atoms with E-state index in [0.29, 0.717) is 12.5 Å². The molecule has 3 aromatic carbocycles. The fraction of sp³-hybridized carbons (Fsp3) is 0.400. The van der Waals surface area contributed by atoms with Crippen molar-refractivity contribution in [2.45, 2.75) is 63.6 Å². The summed E-state index contributed by atoms with van der Waals surface area (Å²) >= 11 is 0. The summed E-state index contributed by atoms with van der Waals surface area (Å²) in [7, 11) is 2.19. The summed E-state index contributed by atoms with van der Waals surface area (Å²) in [6, 6.07) is 23.0. The Morgan fingerprint density at radius 2 is 1.70 bits per heavy atom. The van der Waals surface area contributed by atoms with Gasteiger partial charge in [-0.3, -0.25) is 9.69 Å². The van der Waals surface area contributed by atoms with E-state index in [2.05, 4.69) is 40.8 Å². The minimum absolute atomic E-state index is 0.160. The molecule has 40 heavy (non-hydrogen) atoms. The van der Waals surface area contributed by atoms with Crippen molar-refractivity contribution in [3.05, 3.63) is 101 Å². The van der Waals surface area contributed by atoms with Crippen molar-refractivity contribution < 1.29 is 13.9 Å². The molecule has 1 atom stereocenters. The number of piperidine rings is 1. The van der Waals surface area contributed by atoms with E-state index in [-0.39, 0.29) is 17.7 Å². The molecule has 208 valence electrons. The Morgan fingerprint density at radius 3 is 2.48 bits per heavy atom. The summed E-state index contributed by atoms with van der Waals surface area (Å²) in [5, 5.41) is 0. The molecule has 1 unspecified atom stereocenters. The highest BCUT2D eigenvalue weighted by Gasteiger charge is 2.22. The molecule has 0 saturated carbocycles. The van der Waals surface area contributed by atoms with E-state index in [0.717, 1.165) is 67.8 Å². The summed E-state index contributed by atoms with van der Waals surface area (Å²) in [6.45, 7) is 3.98. The molecule has 5 heteroatoms. The van der Waals surface area contributed by atoms with Crippen LogP contribution in [0.2, 0.25) is 0 Å². The normalized spacial score (nSPS) is 18.3. The first-order valence-electron chi connectivity index (χ1n) is 14.6. The van der Waals surface area contributed by atoms with Gasteiger partial charge in [-0.1, -0.05) is 36.1 Å². The van der Waals surface area contributed by atoms with Crippen LogP contribution in [0.1, 0.15) is 72.0 Å². The average Bonchev–Trinajstić information content (AvgIpc) is 3.38. The molecule has 0 amide bonds. The number of ketones is 1. The van der Waals surface area contributed by atoms with Gasteiger partial charge in [-0.15, -0.1) is 0 Å². The highest BCUT2D eigenvalue weighted by molar-refractivity contribution is 5.96. The van der Waals surface area contributed by atoms with E-state index in [1.165, 1.54) is 37.1 Å². The lowest BCUT2D eigenvalue weighted by molar-refractivity contribution is 0.0949. The maximum atomic E-state index is 13.1. The first-order valence-corrected chi connectivity index (χ1v) is 14.6. The first kappa shape index (κ1) is 28.1. The second-order valence-corrected chi connectivity index (χ2v) is 11.2. The van der Waals surface area contributed by atoms with Gasteiger partial charge in [-0.2, -0.15) is 0 Å². The molecule has 0 radical (unpaired) electrons. The second kappa shape index (κ2) is 13.7. The van der Waals surface area contributed by atoms with Crippen LogP contribution in [-0.4, -0.2) is 54.4 Å². The standard InChI is InChI=1S/C35H39FN2O2/c1-37-21-5-10-32(37)9-4-12-35(39)30-8-3-11-34(25-30)40-33-19-22-38(23-20-33)26-29-7-2-6-28(24-29)14-13-27-15-17-31(36)18-16-27/h2-3,6-8,11,15-18,24-25,32-33H,4-5,9-10,12,19-23,26H2,1H3. The lowest BCUT2D eigenvalue weighted by Crippen LogP contribution is -2.37. The zero-order valence-corrected chi connectivity index (χ0v) is 23.4. The Labute approximate surface area is 238 Å². The highest BCUT2D eigenvalue weighted by Crippen LogP contribution is 2.24. The lowest BCUT2D eigenvalue weighted by atomic mass is 10.0. The Morgan fingerprint density at radius 1 is 0.925 bits per heavy atom. The van der Waals surface area contributed by atoms with Crippen LogP contribution in [0.3, 0.4) is 0 Å². The molecule has 0 aliphatic carbocycles. The van der Waals surface area contributed by atoms with Crippen LogP contribution >= 0.6 is 0 Å². The van der Waals surface area contributed by atoms with Gasteiger partial charge in [0.1, 0.15) is 17.7 Å². The number of hydrogen-bond donors (Lipinski definition) is 0. The van der Waals surface area contributed by atoms with Crippen molar-refractivity contribution in [2.24, 2.45) is 0 Å². The Kier molecular flexibility index (Phi) is 9.65. The number of rotatable bonds is 9. The quantitative estimate of drug-likeness (QED) is 0.224. The van der Waals surface area contributed by atoms with Crippen molar-refractivity contribution in [3.63, 3.8) is 0 Å². The molecule has 2 saturated heterocycles. The molecular formula is C35H39FN2O2. The van der Waals surface area contributed by atoms with Crippen molar-refractivity contribution in [2.75, 3.05) is 26.7 Å². The topological polar surface area (TPSA) is 32.8 Å². The molecule has 2 fully saturated rings. The second-order valence-electron chi connectivity index (χ2n) is 11.2. The van der Waals surface area contributed by atoms with Crippen LogP contribution in [-0.2, 0) is 6.54 Å². The van der Waals surface area contributed by atoms with Crippen molar-refractivity contribution >= 4 is 5.78 Å². The summed E-state index contributed by atoms with van der Waals surface area (Å²) in [4.78, 5) is 17.7. The maximum absolute atomic E-state index is 13.1. The minimum Gasteiger partial charge on any atom is -0.490 e. The molecule has 4 nitrogen and oxygen atoms in total. The fourth-order valence-electron chi connectivity index (χ4n) is 5.79. The van der Waals surface area contributed by atoms with E-state index in [9.17, 15) is 9.18 Å². The molecule has 2 aliphatic rings. The van der Waals surface area contributed by atoms with Gasteiger partial charge >= 0.3 is 0 Å². The largest absolute Gasteiger partial charge is 0.490 e. The number of carbonyl (C=O) groups is 1. The molecule has 0 bridgehead atoms. The molecular weight excluding hydrogens is 499 g/mol. The zero-order valence-electron chi connectivity index (χ0n) is 23.4. The van der Waals surface area contributed by atoms with Gasteiger partial charge in [0.25, 0.3) is 0 Å². The highest BCUT2D eigenvalue weighted by atomic mass is 19.1. The molecule has 0 aromatic heterocycles. The third-order valence-corrected chi connectivity index (χ3v) is 8.13. The third kappa shape index (κ3) is 8.03. The number of ether oxygens (including phenoxy) is 1. The van der Waals surface area contributed by atoms with Gasteiger partial charge in [-0.25, -0.2) is 4.39 Å². The zero-order chi connectivity index (χ0) is 27.7. The molecule has 5 rings (SSSR count). The number of hydrogen-bond acceptors (Lipinski definition) is 4. The SMILES string of the molecule is CN1CCCC1CCCC(=O)c1cccc(OC2CCN(Cc3cccc(C#Cc4ccc(F)cc4)c3)CC2)c1. The molecule has 0 spiro atoms. The van der Waals surface area contributed by atoms with Gasteiger partial charge in [0, 0.05) is 48.8 Å². The maximum Gasteiger partial charge on any atom is 0.163 e. The third-order valence-electron chi connectivity index (χ3n) is 8.13. The van der Waals surface area contributed by atoms with Gasteiger partial charge in [0.15, 0.2) is 5.78 Å². The van der Waals surface area contributed by atoms with Crippen LogP contribution in [0.4, 0.5) is 4.39 Å². The number of carbonyl (C=O) groups excluding carboxylic acids is 1.